The predicted octanol–water partition coefficient (Wildman–Crippen LogP) is 4.72. The molecule has 0 aliphatic rings. The standard InChI is InChI=1S/C23H22ClN5O/c1-12-8-16(9-13(2)22(12)30)20(28-25)21-19-14(3)15(4)29(23(19)27-11-26-21)18-7-5-6-17(24)10-18/h5-11,30H,25H2,1-4H3. The molecule has 0 aliphatic heterocycles. The molecule has 0 aliphatic carbocycles. The second-order valence-electron chi connectivity index (χ2n) is 7.38. The molecule has 3 N–H and O–H groups in total. The summed E-state index contributed by atoms with van der Waals surface area (Å²) in [5.41, 5.74) is 7.22. The van der Waals surface area contributed by atoms with Gasteiger partial charge in [0.25, 0.3) is 0 Å². The van der Waals surface area contributed by atoms with E-state index in [1.54, 1.807) is 0 Å². The van der Waals surface area contributed by atoms with Gasteiger partial charge >= 0.3 is 0 Å². The number of phenols is 1. The van der Waals surface area contributed by atoms with E-state index < -0.39 is 0 Å². The lowest BCUT2D eigenvalue weighted by Gasteiger charge is -2.11. The second-order valence-corrected chi connectivity index (χ2v) is 7.82. The van der Waals surface area contributed by atoms with Crippen molar-refractivity contribution in [1.82, 2.24) is 14.5 Å². The van der Waals surface area contributed by atoms with Crippen LogP contribution in [0.3, 0.4) is 0 Å². The van der Waals surface area contributed by atoms with Gasteiger partial charge in [0.15, 0.2) is 0 Å². The average molecular weight is 420 g/mol. The molecule has 0 fully saturated rings. The van der Waals surface area contributed by atoms with Gasteiger partial charge in [0.1, 0.15) is 29.1 Å². The number of benzene rings is 2. The van der Waals surface area contributed by atoms with Crippen LogP contribution in [0.4, 0.5) is 0 Å². The summed E-state index contributed by atoms with van der Waals surface area (Å²) >= 11 is 6.23. The summed E-state index contributed by atoms with van der Waals surface area (Å²) in [5, 5.41) is 15.8. The Balaban J connectivity index is 2.00. The van der Waals surface area contributed by atoms with Crippen LogP contribution >= 0.6 is 11.6 Å². The highest BCUT2D eigenvalue weighted by molar-refractivity contribution is 6.30. The lowest BCUT2D eigenvalue weighted by atomic mass is 9.98. The third-order valence-corrected chi connectivity index (χ3v) is 5.71. The number of rotatable bonds is 3. The van der Waals surface area contributed by atoms with Crippen LogP contribution in [0, 0.1) is 27.7 Å². The quantitative estimate of drug-likeness (QED) is 0.285. The molecule has 0 spiro atoms. The number of aromatic hydroxyl groups is 1. The smallest absolute Gasteiger partial charge is 0.149 e. The minimum absolute atomic E-state index is 0.266. The molecule has 4 rings (SSSR count). The molecule has 30 heavy (non-hydrogen) atoms. The number of aromatic nitrogens is 3. The fourth-order valence-corrected chi connectivity index (χ4v) is 4.06. The number of hydrazone groups is 1. The monoisotopic (exact) mass is 419 g/mol. The van der Waals surface area contributed by atoms with Crippen molar-refractivity contribution in [3.63, 3.8) is 0 Å². The minimum Gasteiger partial charge on any atom is -0.507 e. The van der Waals surface area contributed by atoms with Crippen LogP contribution in [0.2, 0.25) is 5.02 Å². The van der Waals surface area contributed by atoms with Crippen molar-refractivity contribution in [2.24, 2.45) is 10.9 Å². The van der Waals surface area contributed by atoms with E-state index in [0.717, 1.165) is 44.7 Å². The normalized spacial score (nSPS) is 12.0. The van der Waals surface area contributed by atoms with E-state index in [2.05, 4.69) is 19.6 Å². The number of phenolic OH excluding ortho intramolecular Hbond substituents is 1. The number of hydrogen-bond acceptors (Lipinski definition) is 5. The van der Waals surface area contributed by atoms with Crippen molar-refractivity contribution in [3.05, 3.63) is 81.4 Å². The van der Waals surface area contributed by atoms with Gasteiger partial charge < -0.3 is 10.9 Å². The lowest BCUT2D eigenvalue weighted by molar-refractivity contribution is 0.467. The summed E-state index contributed by atoms with van der Waals surface area (Å²) in [6.45, 7) is 7.77. The first-order chi connectivity index (χ1) is 14.3. The fraction of sp³-hybridized carbons (Fsp3) is 0.174. The van der Waals surface area contributed by atoms with Crippen LogP contribution in [-0.4, -0.2) is 25.4 Å². The number of aryl methyl sites for hydroxylation is 3. The molecule has 0 saturated heterocycles. The first-order valence-electron chi connectivity index (χ1n) is 9.50. The zero-order chi connectivity index (χ0) is 21.6. The Labute approximate surface area is 179 Å². The Morgan fingerprint density at radius 1 is 1.07 bits per heavy atom. The Morgan fingerprint density at radius 3 is 2.40 bits per heavy atom. The van der Waals surface area contributed by atoms with E-state index in [1.807, 2.05) is 64.1 Å². The number of nitrogens with zero attached hydrogens (tertiary/aromatic N) is 4. The van der Waals surface area contributed by atoms with E-state index in [4.69, 9.17) is 17.4 Å². The van der Waals surface area contributed by atoms with Gasteiger partial charge in [0.05, 0.1) is 5.39 Å². The van der Waals surface area contributed by atoms with Gasteiger partial charge in [-0.25, -0.2) is 9.97 Å². The molecule has 6 nitrogen and oxygen atoms in total. The molecule has 2 aromatic heterocycles. The maximum absolute atomic E-state index is 10.1. The zero-order valence-corrected chi connectivity index (χ0v) is 18.0. The van der Waals surface area contributed by atoms with Crippen LogP contribution in [0.1, 0.15) is 33.6 Å². The Morgan fingerprint density at radius 2 is 1.77 bits per heavy atom. The zero-order valence-electron chi connectivity index (χ0n) is 17.2. The minimum atomic E-state index is 0.266. The van der Waals surface area contributed by atoms with Gasteiger partial charge in [0, 0.05) is 22.0 Å². The Bertz CT molecular complexity index is 1300. The first-order valence-corrected chi connectivity index (χ1v) is 9.88. The molecule has 0 radical (unpaired) electrons. The fourth-order valence-electron chi connectivity index (χ4n) is 3.87. The highest BCUT2D eigenvalue weighted by atomic mass is 35.5. The van der Waals surface area contributed by atoms with Crippen LogP contribution in [-0.2, 0) is 0 Å². The molecule has 0 atom stereocenters. The predicted molar refractivity (Wildman–Crippen MR) is 121 cm³/mol. The first kappa shape index (κ1) is 19.9. The molecule has 0 bridgehead atoms. The molecular formula is C23H22ClN5O. The number of halogens is 1. The Kier molecular flexibility index (Phi) is 4.95. The molecule has 4 aromatic rings. The number of fused-ring (bicyclic) bond motifs is 1. The van der Waals surface area contributed by atoms with Crippen molar-refractivity contribution in [2.45, 2.75) is 27.7 Å². The highest BCUT2D eigenvalue weighted by Gasteiger charge is 2.22. The Hall–Kier alpha value is -3.38. The molecule has 152 valence electrons. The van der Waals surface area contributed by atoms with Crippen molar-refractivity contribution in [1.29, 1.82) is 0 Å². The summed E-state index contributed by atoms with van der Waals surface area (Å²) in [4.78, 5) is 9.10. The summed E-state index contributed by atoms with van der Waals surface area (Å²) in [5.74, 6) is 6.10. The average Bonchev–Trinajstić information content (AvgIpc) is 2.98. The van der Waals surface area contributed by atoms with Crippen LogP contribution in [0.25, 0.3) is 16.7 Å². The summed E-state index contributed by atoms with van der Waals surface area (Å²) in [6.07, 6.45) is 1.52. The molecule has 0 amide bonds. The van der Waals surface area contributed by atoms with Gasteiger partial charge in [0.2, 0.25) is 0 Å². The molecule has 2 aromatic carbocycles. The molecule has 0 saturated carbocycles. The molecule has 2 heterocycles. The number of nitrogens with two attached hydrogens (primary N) is 1. The lowest BCUT2D eigenvalue weighted by Crippen LogP contribution is -2.11. The van der Waals surface area contributed by atoms with Crippen LogP contribution < -0.4 is 5.84 Å². The van der Waals surface area contributed by atoms with E-state index in [0.29, 0.717) is 16.4 Å². The topological polar surface area (TPSA) is 89.3 Å². The van der Waals surface area contributed by atoms with E-state index >= 15 is 0 Å². The summed E-state index contributed by atoms with van der Waals surface area (Å²) in [6, 6.07) is 11.4. The van der Waals surface area contributed by atoms with E-state index in [1.165, 1.54) is 6.33 Å². The maximum Gasteiger partial charge on any atom is 0.149 e. The van der Waals surface area contributed by atoms with Crippen molar-refractivity contribution >= 4 is 28.3 Å². The largest absolute Gasteiger partial charge is 0.507 e. The third kappa shape index (κ3) is 3.09. The van der Waals surface area contributed by atoms with Gasteiger partial charge in [-0.2, -0.15) is 5.10 Å². The second kappa shape index (κ2) is 7.46. The van der Waals surface area contributed by atoms with Crippen LogP contribution in [0.15, 0.2) is 47.8 Å². The van der Waals surface area contributed by atoms with E-state index in [-0.39, 0.29) is 5.75 Å². The highest BCUT2D eigenvalue weighted by Crippen LogP contribution is 2.32. The molecule has 7 heteroatoms. The SMILES string of the molecule is Cc1cc(C(=NN)c2ncnc3c2c(C)c(C)n3-c2cccc(Cl)c2)cc(C)c1O. The van der Waals surface area contributed by atoms with Crippen LogP contribution in [0.5, 0.6) is 5.75 Å². The van der Waals surface area contributed by atoms with E-state index in [9.17, 15) is 5.11 Å². The summed E-state index contributed by atoms with van der Waals surface area (Å²) < 4.78 is 2.06. The van der Waals surface area contributed by atoms with Crippen molar-refractivity contribution < 1.29 is 5.11 Å². The van der Waals surface area contributed by atoms with Gasteiger partial charge in [-0.3, -0.25) is 4.57 Å². The summed E-state index contributed by atoms with van der Waals surface area (Å²) in [7, 11) is 0. The third-order valence-electron chi connectivity index (χ3n) is 5.48. The molecule has 0 unspecified atom stereocenters. The maximum atomic E-state index is 10.1. The van der Waals surface area contributed by atoms with Gasteiger partial charge in [-0.1, -0.05) is 17.7 Å². The van der Waals surface area contributed by atoms with Crippen molar-refractivity contribution in [2.75, 3.05) is 0 Å². The van der Waals surface area contributed by atoms with Gasteiger partial charge in [-0.05, 0) is 74.7 Å². The van der Waals surface area contributed by atoms with Crippen molar-refractivity contribution in [3.8, 4) is 11.4 Å². The number of hydrogen-bond donors (Lipinski definition) is 2. The van der Waals surface area contributed by atoms with Gasteiger partial charge in [-0.15, -0.1) is 0 Å². The molecular weight excluding hydrogens is 398 g/mol.